The largest absolute Gasteiger partial charge is 0.494 e. The Kier molecular flexibility index (Phi) is 4.76. The van der Waals surface area contributed by atoms with Gasteiger partial charge in [0, 0.05) is 12.1 Å². The number of carbonyl (C=O) groups is 1. The number of halogens is 1. The normalized spacial score (nSPS) is 11.9. The van der Waals surface area contributed by atoms with Crippen molar-refractivity contribution in [2.45, 2.75) is 20.4 Å². The van der Waals surface area contributed by atoms with Crippen molar-refractivity contribution in [1.29, 1.82) is 0 Å². The van der Waals surface area contributed by atoms with Crippen molar-refractivity contribution in [2.75, 3.05) is 6.61 Å². The molecule has 0 bridgehead atoms. The highest BCUT2D eigenvalue weighted by Crippen LogP contribution is 2.19. The molecule has 0 aliphatic carbocycles. The zero-order valence-corrected chi connectivity index (χ0v) is 14.3. The Morgan fingerprint density at radius 1 is 1.21 bits per heavy atom. The van der Waals surface area contributed by atoms with E-state index in [1.807, 2.05) is 18.4 Å². The van der Waals surface area contributed by atoms with Crippen LogP contribution in [0, 0.1) is 5.82 Å². The van der Waals surface area contributed by atoms with Gasteiger partial charge in [-0.3, -0.25) is 4.79 Å². The highest BCUT2D eigenvalue weighted by molar-refractivity contribution is 7.16. The average molecular weight is 344 g/mol. The molecule has 6 heteroatoms. The van der Waals surface area contributed by atoms with Gasteiger partial charge in [0.05, 0.1) is 16.8 Å². The van der Waals surface area contributed by atoms with Crippen LogP contribution in [0.1, 0.15) is 24.2 Å². The zero-order valence-electron chi connectivity index (χ0n) is 13.5. The number of hydrogen-bond acceptors (Lipinski definition) is 3. The van der Waals surface area contributed by atoms with Gasteiger partial charge in [0.25, 0.3) is 5.91 Å². The minimum atomic E-state index is -0.327. The summed E-state index contributed by atoms with van der Waals surface area (Å²) in [4.78, 5) is 17.2. The smallest absolute Gasteiger partial charge is 0.279 e. The van der Waals surface area contributed by atoms with Crippen LogP contribution in [0.25, 0.3) is 10.2 Å². The molecule has 1 aromatic heterocycles. The summed E-state index contributed by atoms with van der Waals surface area (Å²) in [6, 6.07) is 11.5. The minimum Gasteiger partial charge on any atom is -0.494 e. The summed E-state index contributed by atoms with van der Waals surface area (Å²) in [5.74, 6) is 0.0960. The molecule has 0 spiro atoms. The molecule has 24 heavy (non-hydrogen) atoms. The lowest BCUT2D eigenvalue weighted by Crippen LogP contribution is -2.15. The lowest BCUT2D eigenvalue weighted by Gasteiger charge is -2.03. The fourth-order valence-corrected chi connectivity index (χ4v) is 3.57. The van der Waals surface area contributed by atoms with Gasteiger partial charge in [-0.2, -0.15) is 4.99 Å². The third kappa shape index (κ3) is 3.23. The predicted octanol–water partition coefficient (Wildman–Crippen LogP) is 4.00. The number of nitrogens with zero attached hydrogens (tertiary/aromatic N) is 2. The first-order valence-corrected chi connectivity index (χ1v) is 8.54. The van der Waals surface area contributed by atoms with Crippen molar-refractivity contribution in [2.24, 2.45) is 4.99 Å². The maximum atomic E-state index is 13.4. The van der Waals surface area contributed by atoms with E-state index < -0.39 is 0 Å². The lowest BCUT2D eigenvalue weighted by molar-refractivity contribution is 0.0998. The van der Waals surface area contributed by atoms with E-state index in [2.05, 4.69) is 4.99 Å². The van der Waals surface area contributed by atoms with Crippen LogP contribution in [0.5, 0.6) is 5.75 Å². The van der Waals surface area contributed by atoms with Gasteiger partial charge in [-0.05, 0) is 56.3 Å². The highest BCUT2D eigenvalue weighted by atomic mass is 32.1. The van der Waals surface area contributed by atoms with Crippen molar-refractivity contribution >= 4 is 27.5 Å². The number of ether oxygens (including phenoxy) is 1. The Bertz CT molecular complexity index is 942. The van der Waals surface area contributed by atoms with Gasteiger partial charge in [-0.1, -0.05) is 11.3 Å². The quantitative estimate of drug-likeness (QED) is 0.718. The average Bonchev–Trinajstić information content (AvgIpc) is 2.91. The number of thiazole rings is 1. The first kappa shape index (κ1) is 16.4. The maximum absolute atomic E-state index is 13.4. The lowest BCUT2D eigenvalue weighted by atomic mass is 10.2. The van der Waals surface area contributed by atoms with Crippen LogP contribution < -0.4 is 9.54 Å². The summed E-state index contributed by atoms with van der Waals surface area (Å²) < 4.78 is 21.4. The second-order valence-corrected chi connectivity index (χ2v) is 6.12. The van der Waals surface area contributed by atoms with E-state index in [1.54, 1.807) is 30.3 Å². The number of carbonyl (C=O) groups excluding carboxylic acids is 1. The van der Waals surface area contributed by atoms with Crippen molar-refractivity contribution in [3.63, 3.8) is 0 Å². The molecule has 0 radical (unpaired) electrons. The first-order chi connectivity index (χ1) is 11.6. The Balaban J connectivity index is 2.00. The number of fused-ring (bicyclic) bond motifs is 1. The van der Waals surface area contributed by atoms with Gasteiger partial charge >= 0.3 is 0 Å². The molecule has 0 atom stereocenters. The summed E-state index contributed by atoms with van der Waals surface area (Å²) >= 11 is 1.31. The Morgan fingerprint density at radius 3 is 2.62 bits per heavy atom. The van der Waals surface area contributed by atoms with Crippen LogP contribution in [0.4, 0.5) is 4.39 Å². The van der Waals surface area contributed by atoms with Crippen LogP contribution in [0.2, 0.25) is 0 Å². The van der Waals surface area contributed by atoms with Crippen molar-refractivity contribution in [3.05, 3.63) is 58.6 Å². The maximum Gasteiger partial charge on any atom is 0.279 e. The van der Waals surface area contributed by atoms with Crippen molar-refractivity contribution in [3.8, 4) is 5.75 Å². The third-order valence-electron chi connectivity index (χ3n) is 3.57. The van der Waals surface area contributed by atoms with Gasteiger partial charge in [-0.15, -0.1) is 0 Å². The Labute approximate surface area is 142 Å². The zero-order chi connectivity index (χ0) is 17.1. The van der Waals surface area contributed by atoms with Crippen LogP contribution >= 0.6 is 11.3 Å². The molecular weight excluding hydrogens is 327 g/mol. The summed E-state index contributed by atoms with van der Waals surface area (Å²) in [6.07, 6.45) is 0. The fraction of sp³-hybridized carbons (Fsp3) is 0.222. The summed E-state index contributed by atoms with van der Waals surface area (Å²) in [5, 5.41) is 0. The molecule has 0 saturated heterocycles. The van der Waals surface area contributed by atoms with Crippen LogP contribution in [0.15, 0.2) is 47.5 Å². The van der Waals surface area contributed by atoms with E-state index in [1.165, 1.54) is 23.5 Å². The number of amides is 1. The topological polar surface area (TPSA) is 43.6 Å². The molecule has 0 unspecified atom stereocenters. The number of benzene rings is 2. The van der Waals surface area contributed by atoms with Crippen molar-refractivity contribution in [1.82, 2.24) is 4.57 Å². The molecule has 0 aliphatic rings. The summed E-state index contributed by atoms with van der Waals surface area (Å²) in [7, 11) is 0. The molecule has 0 saturated carbocycles. The fourth-order valence-electron chi connectivity index (χ4n) is 2.45. The SMILES string of the molecule is CCOc1ccc(C(=O)N=c2sc3cc(F)ccc3n2CC)cc1. The molecule has 124 valence electrons. The molecule has 2 aromatic carbocycles. The predicted molar refractivity (Wildman–Crippen MR) is 93.0 cm³/mol. The first-order valence-electron chi connectivity index (χ1n) is 7.73. The second-order valence-electron chi connectivity index (χ2n) is 5.12. The van der Waals surface area contributed by atoms with Gasteiger partial charge in [-0.25, -0.2) is 4.39 Å². The minimum absolute atomic E-state index is 0.295. The van der Waals surface area contributed by atoms with E-state index in [0.717, 1.165) is 16.0 Å². The van der Waals surface area contributed by atoms with Gasteiger partial charge in [0.15, 0.2) is 4.80 Å². The van der Waals surface area contributed by atoms with Crippen LogP contribution in [-0.4, -0.2) is 17.1 Å². The second kappa shape index (κ2) is 6.97. The van der Waals surface area contributed by atoms with Gasteiger partial charge in [0.2, 0.25) is 0 Å². The summed E-state index contributed by atoms with van der Waals surface area (Å²) in [5.41, 5.74) is 1.37. The van der Waals surface area contributed by atoms with E-state index in [9.17, 15) is 9.18 Å². The van der Waals surface area contributed by atoms with E-state index in [4.69, 9.17) is 4.74 Å². The number of aromatic nitrogens is 1. The van der Waals surface area contributed by atoms with Crippen LogP contribution in [-0.2, 0) is 6.54 Å². The highest BCUT2D eigenvalue weighted by Gasteiger charge is 2.09. The van der Waals surface area contributed by atoms with Crippen LogP contribution in [0.3, 0.4) is 0 Å². The molecule has 3 aromatic rings. The molecular formula is C18H17FN2O2S. The van der Waals surface area contributed by atoms with E-state index >= 15 is 0 Å². The monoisotopic (exact) mass is 344 g/mol. The molecule has 3 rings (SSSR count). The molecule has 1 amide bonds. The number of hydrogen-bond donors (Lipinski definition) is 0. The standard InChI is InChI=1S/C18H17FN2O2S/c1-3-21-15-10-7-13(19)11-16(15)24-18(21)20-17(22)12-5-8-14(9-6-12)23-4-2/h5-11H,3-4H2,1-2H3. The molecule has 1 heterocycles. The molecule has 0 aliphatic heterocycles. The molecule has 0 fully saturated rings. The van der Waals surface area contributed by atoms with E-state index in [0.29, 0.717) is 23.5 Å². The van der Waals surface area contributed by atoms with Gasteiger partial charge in [0.1, 0.15) is 11.6 Å². The molecule has 4 nitrogen and oxygen atoms in total. The van der Waals surface area contributed by atoms with Gasteiger partial charge < -0.3 is 9.30 Å². The van der Waals surface area contributed by atoms with Crippen molar-refractivity contribution < 1.29 is 13.9 Å². The molecule has 0 N–H and O–H groups in total. The van der Waals surface area contributed by atoms with E-state index in [-0.39, 0.29) is 11.7 Å². The number of aryl methyl sites for hydroxylation is 1. The Morgan fingerprint density at radius 2 is 1.96 bits per heavy atom. The summed E-state index contributed by atoms with van der Waals surface area (Å²) in [6.45, 7) is 5.10. The Hall–Kier alpha value is -2.47. The third-order valence-corrected chi connectivity index (χ3v) is 4.61. The number of rotatable bonds is 4.